The Kier molecular flexibility index (Phi) is 5.47. The van der Waals surface area contributed by atoms with Gasteiger partial charge >= 0.3 is 5.97 Å². The third-order valence-electron chi connectivity index (χ3n) is 6.21. The lowest BCUT2D eigenvalue weighted by molar-refractivity contribution is -0.135. The Labute approximate surface area is 200 Å². The first-order chi connectivity index (χ1) is 16.8. The number of carbonyl (C=O) groups is 1. The van der Waals surface area contributed by atoms with Gasteiger partial charge in [-0.2, -0.15) is 5.10 Å². The Balaban J connectivity index is 1.75. The van der Waals surface area contributed by atoms with Crippen molar-refractivity contribution in [1.82, 2.24) is 9.78 Å². The summed E-state index contributed by atoms with van der Waals surface area (Å²) < 4.78 is 23.9. The molecule has 9 heteroatoms. The summed E-state index contributed by atoms with van der Waals surface area (Å²) in [6.07, 6.45) is 3.06. The Bertz CT molecular complexity index is 1520. The van der Waals surface area contributed by atoms with E-state index in [1.807, 2.05) is 24.6 Å². The van der Waals surface area contributed by atoms with Gasteiger partial charge in [-0.1, -0.05) is 6.07 Å². The van der Waals surface area contributed by atoms with Crippen molar-refractivity contribution in [3.05, 3.63) is 64.3 Å². The van der Waals surface area contributed by atoms with Gasteiger partial charge in [0.25, 0.3) is 0 Å². The molecule has 5 rings (SSSR count). The lowest BCUT2D eigenvalue weighted by Gasteiger charge is -2.27. The number of benzene rings is 2. The van der Waals surface area contributed by atoms with E-state index >= 15 is 0 Å². The van der Waals surface area contributed by atoms with Gasteiger partial charge in [-0.15, -0.1) is 0 Å². The second-order valence-electron chi connectivity index (χ2n) is 8.59. The second-order valence-corrected chi connectivity index (χ2v) is 8.59. The van der Waals surface area contributed by atoms with E-state index in [1.165, 1.54) is 26.5 Å². The fraction of sp³-hybridized carbons (Fsp3) is 0.269. The average Bonchev–Trinajstić information content (AvgIpc) is 3.33. The molecule has 2 aromatic carbocycles. The molecule has 0 spiro atoms. The van der Waals surface area contributed by atoms with Gasteiger partial charge in [-0.3, -0.25) is 14.3 Å². The number of aromatic nitrogens is 2. The molecule has 3 heterocycles. The number of phenols is 1. The highest BCUT2D eigenvalue weighted by molar-refractivity contribution is 5.94. The van der Waals surface area contributed by atoms with Crippen LogP contribution in [0.15, 0.2) is 52.0 Å². The molecule has 2 aromatic heterocycles. The number of hydrogen-bond donors (Lipinski definition) is 1. The van der Waals surface area contributed by atoms with Gasteiger partial charge < -0.3 is 23.7 Å². The van der Waals surface area contributed by atoms with Gasteiger partial charge in [0.1, 0.15) is 28.7 Å². The van der Waals surface area contributed by atoms with Crippen LogP contribution in [0.3, 0.4) is 0 Å². The van der Waals surface area contributed by atoms with Gasteiger partial charge in [0, 0.05) is 35.5 Å². The molecule has 1 atom stereocenters. The predicted octanol–water partition coefficient (Wildman–Crippen LogP) is 4.40. The summed E-state index contributed by atoms with van der Waals surface area (Å²) in [7, 11) is 3.03. The molecular weight excluding hydrogens is 452 g/mol. The smallest absolute Gasteiger partial charge is 0.312 e. The van der Waals surface area contributed by atoms with Gasteiger partial charge in [-0.05, 0) is 37.6 Å². The molecule has 1 aliphatic rings. The minimum atomic E-state index is -0.464. The number of fused-ring (bicyclic) bond motifs is 3. The van der Waals surface area contributed by atoms with Crippen LogP contribution in [0.25, 0.3) is 22.1 Å². The molecule has 4 aromatic rings. The van der Waals surface area contributed by atoms with Crippen molar-refractivity contribution in [2.45, 2.75) is 32.2 Å². The van der Waals surface area contributed by atoms with Crippen LogP contribution in [0.2, 0.25) is 0 Å². The predicted molar refractivity (Wildman–Crippen MR) is 127 cm³/mol. The van der Waals surface area contributed by atoms with E-state index in [2.05, 4.69) is 5.10 Å². The third kappa shape index (κ3) is 3.60. The number of carbonyl (C=O) groups excluding carboxylic acids is 1. The van der Waals surface area contributed by atoms with E-state index in [9.17, 15) is 14.7 Å². The first-order valence-corrected chi connectivity index (χ1v) is 11.1. The first kappa shape index (κ1) is 22.5. The summed E-state index contributed by atoms with van der Waals surface area (Å²) in [4.78, 5) is 26.0. The van der Waals surface area contributed by atoms with Crippen LogP contribution in [0, 0.1) is 0 Å². The maximum Gasteiger partial charge on any atom is 0.312 e. The summed E-state index contributed by atoms with van der Waals surface area (Å²) in [5.74, 6) is -0.107. The summed E-state index contributed by atoms with van der Waals surface area (Å²) in [6.45, 7) is 3.98. The zero-order chi connectivity index (χ0) is 24.9. The van der Waals surface area contributed by atoms with E-state index in [-0.39, 0.29) is 40.5 Å². The van der Waals surface area contributed by atoms with Crippen LogP contribution in [-0.4, -0.2) is 35.1 Å². The van der Waals surface area contributed by atoms with Gasteiger partial charge in [0.2, 0.25) is 5.43 Å². The quantitative estimate of drug-likeness (QED) is 0.333. The molecule has 1 aliphatic heterocycles. The van der Waals surface area contributed by atoms with Crippen molar-refractivity contribution in [3.8, 4) is 34.1 Å². The number of esters is 1. The molecule has 0 aliphatic carbocycles. The van der Waals surface area contributed by atoms with Gasteiger partial charge in [-0.25, -0.2) is 0 Å². The molecule has 0 unspecified atom stereocenters. The number of ether oxygens (including phenoxy) is 3. The number of nitrogens with zero attached hydrogens (tertiary/aromatic N) is 2. The lowest BCUT2D eigenvalue weighted by Crippen LogP contribution is -2.24. The number of hydrogen-bond acceptors (Lipinski definition) is 8. The minimum absolute atomic E-state index is 0.00889. The van der Waals surface area contributed by atoms with Crippen molar-refractivity contribution < 1.29 is 28.5 Å². The average molecular weight is 476 g/mol. The number of methoxy groups -OCH3 is 2. The molecule has 0 saturated carbocycles. The topological polar surface area (TPSA) is 113 Å². The highest BCUT2D eigenvalue weighted by atomic mass is 16.5. The zero-order valence-electron chi connectivity index (χ0n) is 19.7. The molecule has 1 N–H and O–H groups in total. The van der Waals surface area contributed by atoms with Crippen molar-refractivity contribution in [2.24, 2.45) is 0 Å². The molecule has 35 heavy (non-hydrogen) atoms. The molecule has 180 valence electrons. The van der Waals surface area contributed by atoms with E-state index in [4.69, 9.17) is 18.6 Å². The Morgan fingerprint density at radius 3 is 2.60 bits per heavy atom. The van der Waals surface area contributed by atoms with Crippen LogP contribution in [-0.2, 0) is 4.79 Å². The Morgan fingerprint density at radius 2 is 1.89 bits per heavy atom. The minimum Gasteiger partial charge on any atom is -0.507 e. The zero-order valence-corrected chi connectivity index (χ0v) is 19.7. The lowest BCUT2D eigenvalue weighted by atomic mass is 9.87. The summed E-state index contributed by atoms with van der Waals surface area (Å²) >= 11 is 0. The summed E-state index contributed by atoms with van der Waals surface area (Å²) in [5, 5.41) is 15.2. The molecular formula is C26H24N2O7. The monoisotopic (exact) mass is 476 g/mol. The maximum absolute atomic E-state index is 13.6. The van der Waals surface area contributed by atoms with Crippen molar-refractivity contribution in [3.63, 3.8) is 0 Å². The highest BCUT2D eigenvalue weighted by Gasteiger charge is 2.35. The fourth-order valence-corrected chi connectivity index (χ4v) is 4.62. The van der Waals surface area contributed by atoms with Crippen LogP contribution in [0.5, 0.6) is 23.0 Å². The van der Waals surface area contributed by atoms with Crippen molar-refractivity contribution in [1.29, 1.82) is 0 Å². The number of rotatable bonds is 5. The van der Waals surface area contributed by atoms with Gasteiger partial charge in [0.05, 0.1) is 26.2 Å². The fourth-order valence-electron chi connectivity index (χ4n) is 4.62. The molecule has 9 nitrogen and oxygen atoms in total. The SMILES string of the molecule is COc1ccc(-c2coc3c4c(cc(O)c3c2=O)OC(=O)C[C@@H]4c2ccnn2C(C)C)cc1OC. The van der Waals surface area contributed by atoms with E-state index in [0.29, 0.717) is 22.6 Å². The summed E-state index contributed by atoms with van der Waals surface area (Å²) in [6, 6.07) is 8.24. The van der Waals surface area contributed by atoms with E-state index in [0.717, 1.165) is 5.69 Å². The molecule has 0 saturated heterocycles. The highest BCUT2D eigenvalue weighted by Crippen LogP contribution is 2.46. The molecule has 0 radical (unpaired) electrons. The second kappa shape index (κ2) is 8.50. The van der Waals surface area contributed by atoms with Crippen LogP contribution >= 0.6 is 0 Å². The normalized spacial score (nSPS) is 15.2. The number of phenolic OH excluding ortho intramolecular Hbond substituents is 1. The molecule has 0 bridgehead atoms. The third-order valence-corrected chi connectivity index (χ3v) is 6.21. The first-order valence-electron chi connectivity index (χ1n) is 11.1. The summed E-state index contributed by atoms with van der Waals surface area (Å²) in [5.41, 5.74) is 1.84. The Hall–Kier alpha value is -4.27. The Morgan fingerprint density at radius 1 is 1.11 bits per heavy atom. The molecule has 0 fully saturated rings. The van der Waals surface area contributed by atoms with E-state index < -0.39 is 17.3 Å². The van der Waals surface area contributed by atoms with E-state index in [1.54, 1.807) is 24.4 Å². The van der Waals surface area contributed by atoms with Crippen LogP contribution in [0.1, 0.15) is 43.5 Å². The molecule has 0 amide bonds. The van der Waals surface area contributed by atoms with Crippen LogP contribution in [0.4, 0.5) is 0 Å². The van der Waals surface area contributed by atoms with Crippen molar-refractivity contribution in [2.75, 3.05) is 14.2 Å². The largest absolute Gasteiger partial charge is 0.507 e. The maximum atomic E-state index is 13.6. The van der Waals surface area contributed by atoms with Gasteiger partial charge in [0.15, 0.2) is 11.5 Å². The number of aromatic hydroxyl groups is 1. The van der Waals surface area contributed by atoms with Crippen LogP contribution < -0.4 is 19.6 Å². The van der Waals surface area contributed by atoms with Crippen molar-refractivity contribution >= 4 is 16.9 Å². The standard InChI is InChI=1S/C26H24N2O7/c1-13(2)28-17(7-8-27-28)15-10-22(30)35-21-11-18(29)24-25(31)16(12-34-26(24)23(15)21)14-5-6-19(32-3)20(9-14)33-4/h5-9,11-13,15,29H,10H2,1-4H3/t15-/m1/s1.